The standard InChI is InChI=1S/C27H50NO7P/c1-6-7-8-9-10-11-12-13-14-15-20-32-26-17-16-18-27(24(26)2)33-22-25(29)23-35-36(30,31)34-21-19-28(3,4)5/h16-18,25,29H,6-15,19-23H2,1-5H3/p+1. The van der Waals surface area contributed by atoms with E-state index in [1.807, 2.05) is 40.2 Å². The van der Waals surface area contributed by atoms with Crippen molar-refractivity contribution in [2.45, 2.75) is 84.2 Å². The molecule has 36 heavy (non-hydrogen) atoms. The Balaban J connectivity index is 2.26. The fraction of sp³-hybridized carbons (Fsp3) is 0.778. The van der Waals surface area contributed by atoms with Crippen molar-refractivity contribution in [1.82, 2.24) is 0 Å². The lowest BCUT2D eigenvalue weighted by Gasteiger charge is -2.24. The summed E-state index contributed by atoms with van der Waals surface area (Å²) in [6, 6.07) is 5.57. The molecular weight excluding hydrogens is 481 g/mol. The molecule has 0 aromatic heterocycles. The fourth-order valence-electron chi connectivity index (χ4n) is 3.56. The molecule has 0 radical (unpaired) electrons. The lowest BCUT2D eigenvalue weighted by molar-refractivity contribution is -0.870. The Hall–Kier alpha value is -1.15. The summed E-state index contributed by atoms with van der Waals surface area (Å²) >= 11 is 0. The van der Waals surface area contributed by atoms with Gasteiger partial charge in [-0.3, -0.25) is 9.05 Å². The zero-order valence-electron chi connectivity index (χ0n) is 23.2. The maximum absolute atomic E-state index is 12.0. The van der Waals surface area contributed by atoms with Gasteiger partial charge in [0, 0.05) is 5.56 Å². The molecule has 0 saturated carbocycles. The van der Waals surface area contributed by atoms with Crippen molar-refractivity contribution in [1.29, 1.82) is 0 Å². The summed E-state index contributed by atoms with van der Waals surface area (Å²) in [7, 11) is 1.63. The van der Waals surface area contributed by atoms with Crippen LogP contribution in [0.1, 0.15) is 76.7 Å². The van der Waals surface area contributed by atoms with Crippen molar-refractivity contribution >= 4 is 7.82 Å². The molecule has 0 spiro atoms. The summed E-state index contributed by atoms with van der Waals surface area (Å²) in [5, 5.41) is 10.1. The van der Waals surface area contributed by atoms with Crippen molar-refractivity contribution in [2.24, 2.45) is 0 Å². The summed E-state index contributed by atoms with van der Waals surface area (Å²) in [6.45, 7) is 5.01. The zero-order chi connectivity index (χ0) is 26.9. The largest absolute Gasteiger partial charge is 0.493 e. The van der Waals surface area contributed by atoms with Crippen LogP contribution in [0.15, 0.2) is 18.2 Å². The van der Waals surface area contributed by atoms with Crippen molar-refractivity contribution in [2.75, 3.05) is 54.1 Å². The molecule has 0 aliphatic carbocycles. The molecule has 2 atom stereocenters. The number of ether oxygens (including phenoxy) is 2. The number of benzene rings is 1. The third-order valence-corrected chi connectivity index (χ3v) is 6.85. The van der Waals surface area contributed by atoms with Crippen LogP contribution in [0.3, 0.4) is 0 Å². The van der Waals surface area contributed by atoms with E-state index in [-0.39, 0.29) is 19.8 Å². The fourth-order valence-corrected chi connectivity index (χ4v) is 4.31. The number of unbranched alkanes of at least 4 members (excludes halogenated alkanes) is 9. The lowest BCUT2D eigenvalue weighted by Crippen LogP contribution is -2.37. The minimum atomic E-state index is -4.22. The number of phosphoric ester groups is 1. The van der Waals surface area contributed by atoms with Crippen molar-refractivity contribution in [3.05, 3.63) is 23.8 Å². The first-order chi connectivity index (χ1) is 17.0. The summed E-state index contributed by atoms with van der Waals surface area (Å²) in [5.74, 6) is 1.36. The lowest BCUT2D eigenvalue weighted by atomic mass is 10.1. The number of phosphoric acid groups is 1. The molecule has 2 unspecified atom stereocenters. The van der Waals surface area contributed by atoms with E-state index in [4.69, 9.17) is 18.5 Å². The normalized spacial score (nSPS) is 14.4. The van der Waals surface area contributed by atoms with Gasteiger partial charge in [-0.2, -0.15) is 0 Å². The van der Waals surface area contributed by atoms with E-state index in [2.05, 4.69) is 6.92 Å². The quantitative estimate of drug-likeness (QED) is 0.109. The Morgan fingerprint density at radius 1 is 0.833 bits per heavy atom. The highest BCUT2D eigenvalue weighted by molar-refractivity contribution is 7.47. The summed E-state index contributed by atoms with van der Waals surface area (Å²) in [4.78, 5) is 9.76. The van der Waals surface area contributed by atoms with E-state index in [9.17, 15) is 14.6 Å². The molecule has 0 amide bonds. The Morgan fingerprint density at radius 2 is 1.39 bits per heavy atom. The predicted molar refractivity (Wildman–Crippen MR) is 145 cm³/mol. The Labute approximate surface area is 219 Å². The third kappa shape index (κ3) is 16.6. The Kier molecular flexibility index (Phi) is 16.6. The van der Waals surface area contributed by atoms with Gasteiger partial charge >= 0.3 is 7.82 Å². The third-order valence-electron chi connectivity index (χ3n) is 5.87. The monoisotopic (exact) mass is 532 g/mol. The van der Waals surface area contributed by atoms with Crippen LogP contribution in [-0.4, -0.2) is 74.7 Å². The van der Waals surface area contributed by atoms with Crippen LogP contribution >= 0.6 is 7.82 Å². The second-order valence-corrected chi connectivity index (χ2v) is 11.9. The molecule has 2 N–H and O–H groups in total. The minimum absolute atomic E-state index is 0.0784. The highest BCUT2D eigenvalue weighted by Crippen LogP contribution is 2.43. The number of aliphatic hydroxyl groups excluding tert-OH is 1. The van der Waals surface area contributed by atoms with Crippen LogP contribution in [0.2, 0.25) is 0 Å². The SMILES string of the molecule is CCCCCCCCCCCCOc1cccc(OCC(O)COP(=O)(O)OCC[N+](C)(C)C)c1C. The number of nitrogens with zero attached hydrogens (tertiary/aromatic N) is 1. The highest BCUT2D eigenvalue weighted by Gasteiger charge is 2.24. The number of aliphatic hydroxyl groups is 1. The minimum Gasteiger partial charge on any atom is -0.493 e. The molecule has 0 aliphatic rings. The number of hydrogen-bond acceptors (Lipinski definition) is 6. The summed E-state index contributed by atoms with van der Waals surface area (Å²) in [5.41, 5.74) is 0.856. The number of quaternary nitrogens is 1. The van der Waals surface area contributed by atoms with Gasteiger partial charge in [-0.1, -0.05) is 70.8 Å². The van der Waals surface area contributed by atoms with E-state index in [0.717, 1.165) is 17.7 Å². The topological polar surface area (TPSA) is 94.5 Å². The molecular formula is C27H51NO7P+. The molecule has 0 saturated heterocycles. The van der Waals surface area contributed by atoms with Crippen LogP contribution in [0.4, 0.5) is 0 Å². The molecule has 0 heterocycles. The van der Waals surface area contributed by atoms with Gasteiger partial charge < -0.3 is 24.0 Å². The first kappa shape index (κ1) is 32.9. The van der Waals surface area contributed by atoms with Crippen LogP contribution in [0.25, 0.3) is 0 Å². The maximum atomic E-state index is 12.0. The smallest absolute Gasteiger partial charge is 0.472 e. The van der Waals surface area contributed by atoms with Crippen molar-refractivity contribution < 1.29 is 37.6 Å². The zero-order valence-corrected chi connectivity index (χ0v) is 24.1. The van der Waals surface area contributed by atoms with E-state index < -0.39 is 13.9 Å². The average Bonchev–Trinajstić information content (AvgIpc) is 2.80. The first-order valence-corrected chi connectivity index (χ1v) is 15.0. The molecule has 210 valence electrons. The summed E-state index contributed by atoms with van der Waals surface area (Å²) < 4.78 is 34.1. The van der Waals surface area contributed by atoms with E-state index in [1.165, 1.54) is 57.8 Å². The van der Waals surface area contributed by atoms with Gasteiger partial charge in [0.05, 0.1) is 34.4 Å². The molecule has 1 aromatic carbocycles. The van der Waals surface area contributed by atoms with E-state index in [1.54, 1.807) is 6.07 Å². The maximum Gasteiger partial charge on any atom is 0.472 e. The number of hydrogen-bond donors (Lipinski definition) is 2. The Morgan fingerprint density at radius 3 is 1.97 bits per heavy atom. The van der Waals surface area contributed by atoms with Crippen LogP contribution in [0, 0.1) is 6.92 Å². The highest BCUT2D eigenvalue weighted by atomic mass is 31.2. The van der Waals surface area contributed by atoms with Gasteiger partial charge in [0.2, 0.25) is 0 Å². The van der Waals surface area contributed by atoms with Gasteiger partial charge in [-0.15, -0.1) is 0 Å². The van der Waals surface area contributed by atoms with Gasteiger partial charge in [-0.25, -0.2) is 4.57 Å². The van der Waals surface area contributed by atoms with Crippen LogP contribution in [-0.2, 0) is 13.6 Å². The molecule has 0 aliphatic heterocycles. The van der Waals surface area contributed by atoms with Crippen molar-refractivity contribution in [3.63, 3.8) is 0 Å². The molecule has 1 aromatic rings. The molecule has 1 rings (SSSR count). The molecule has 0 fully saturated rings. The van der Waals surface area contributed by atoms with Gasteiger partial charge in [0.1, 0.15) is 37.4 Å². The average molecular weight is 533 g/mol. The second kappa shape index (κ2) is 18.2. The molecule has 9 heteroatoms. The van der Waals surface area contributed by atoms with Crippen molar-refractivity contribution in [3.8, 4) is 11.5 Å². The van der Waals surface area contributed by atoms with Crippen LogP contribution < -0.4 is 9.47 Å². The first-order valence-electron chi connectivity index (χ1n) is 13.5. The number of likely N-dealkylation sites (N-methyl/N-ethyl adjacent to an activating group) is 1. The summed E-state index contributed by atoms with van der Waals surface area (Å²) in [6.07, 6.45) is 11.7. The molecule has 0 bridgehead atoms. The number of rotatable bonds is 22. The van der Waals surface area contributed by atoms with Crippen LogP contribution in [0.5, 0.6) is 11.5 Å². The van der Waals surface area contributed by atoms with Gasteiger partial charge in [-0.05, 0) is 25.5 Å². The molecule has 8 nitrogen and oxygen atoms in total. The Bertz CT molecular complexity index is 754. The van der Waals surface area contributed by atoms with E-state index in [0.29, 0.717) is 23.4 Å². The van der Waals surface area contributed by atoms with Gasteiger partial charge in [0.25, 0.3) is 0 Å². The van der Waals surface area contributed by atoms with Gasteiger partial charge in [0.15, 0.2) is 0 Å². The predicted octanol–water partition coefficient (Wildman–Crippen LogP) is 5.87. The second-order valence-electron chi connectivity index (χ2n) is 10.5. The van der Waals surface area contributed by atoms with E-state index >= 15 is 0 Å².